The van der Waals surface area contributed by atoms with E-state index in [4.69, 9.17) is 4.98 Å². The van der Waals surface area contributed by atoms with Gasteiger partial charge in [0.15, 0.2) is 0 Å². The lowest BCUT2D eigenvalue weighted by Gasteiger charge is -2.22. The molecule has 28 heavy (non-hydrogen) atoms. The summed E-state index contributed by atoms with van der Waals surface area (Å²) in [4.78, 5) is 23.0. The van der Waals surface area contributed by atoms with Gasteiger partial charge in [-0.15, -0.1) is 0 Å². The maximum atomic E-state index is 12.6. The zero-order valence-electron chi connectivity index (χ0n) is 17.2. The fourth-order valence-corrected chi connectivity index (χ4v) is 3.95. The molecule has 1 aliphatic carbocycles. The number of nitrogens with zero attached hydrogens (tertiary/aromatic N) is 2. The molecule has 0 saturated carbocycles. The SMILES string of the molecule is CC/C=C\C=C/C(C)CN1CCc2nc(CC3C=CC=CC3)[nH]c(=O)c2CC1. The van der Waals surface area contributed by atoms with Crippen molar-refractivity contribution in [2.24, 2.45) is 11.8 Å². The van der Waals surface area contributed by atoms with Crippen LogP contribution in [0.1, 0.15) is 43.8 Å². The molecule has 0 aromatic carbocycles. The molecule has 2 aliphatic rings. The summed E-state index contributed by atoms with van der Waals surface area (Å²) in [6, 6.07) is 0. The molecule has 0 bridgehead atoms. The second kappa shape index (κ2) is 10.4. The van der Waals surface area contributed by atoms with Crippen molar-refractivity contribution in [2.75, 3.05) is 19.6 Å². The third-order valence-electron chi connectivity index (χ3n) is 5.49. The molecule has 4 nitrogen and oxygen atoms in total. The Morgan fingerprint density at radius 3 is 2.93 bits per heavy atom. The number of aromatic nitrogens is 2. The quantitative estimate of drug-likeness (QED) is 0.729. The lowest BCUT2D eigenvalue weighted by atomic mass is 9.97. The summed E-state index contributed by atoms with van der Waals surface area (Å²) in [6.07, 6.45) is 21.8. The summed E-state index contributed by atoms with van der Waals surface area (Å²) < 4.78 is 0. The Balaban J connectivity index is 1.61. The summed E-state index contributed by atoms with van der Waals surface area (Å²) in [7, 11) is 0. The lowest BCUT2D eigenvalue weighted by molar-refractivity contribution is 0.265. The molecule has 0 radical (unpaired) electrons. The van der Waals surface area contributed by atoms with Crippen LogP contribution in [0.25, 0.3) is 0 Å². The molecule has 0 saturated heterocycles. The fraction of sp³-hybridized carbons (Fsp3) is 0.500. The number of aromatic amines is 1. The van der Waals surface area contributed by atoms with E-state index < -0.39 is 0 Å². The molecule has 1 aliphatic heterocycles. The van der Waals surface area contributed by atoms with Gasteiger partial charge in [-0.25, -0.2) is 4.98 Å². The molecule has 2 unspecified atom stereocenters. The van der Waals surface area contributed by atoms with E-state index >= 15 is 0 Å². The van der Waals surface area contributed by atoms with Gasteiger partial charge in [-0.05, 0) is 31.1 Å². The smallest absolute Gasteiger partial charge is 0.254 e. The standard InChI is InChI=1S/C24H33N3O/c1-3-4-5-7-10-19(2)18-27-15-13-21-22(14-16-27)25-23(26-24(21)28)17-20-11-8-6-9-12-20/h4-11,19-20H,3,12-18H2,1-2H3,(H,25,26,28)/b5-4-,10-7-. The Labute approximate surface area is 168 Å². The topological polar surface area (TPSA) is 49.0 Å². The van der Waals surface area contributed by atoms with Crippen molar-refractivity contribution in [3.63, 3.8) is 0 Å². The highest BCUT2D eigenvalue weighted by Gasteiger charge is 2.20. The van der Waals surface area contributed by atoms with Crippen molar-refractivity contribution in [1.82, 2.24) is 14.9 Å². The summed E-state index contributed by atoms with van der Waals surface area (Å²) in [5, 5.41) is 0. The predicted molar refractivity (Wildman–Crippen MR) is 117 cm³/mol. The Hall–Kier alpha value is -2.20. The molecule has 1 aromatic rings. The normalized spacial score (nSPS) is 21.3. The van der Waals surface area contributed by atoms with Crippen LogP contribution < -0.4 is 5.56 Å². The average molecular weight is 380 g/mol. The van der Waals surface area contributed by atoms with E-state index in [1.165, 1.54) is 0 Å². The second-order valence-electron chi connectivity index (χ2n) is 7.95. The Morgan fingerprint density at radius 2 is 2.14 bits per heavy atom. The summed E-state index contributed by atoms with van der Waals surface area (Å²) >= 11 is 0. The Bertz CT molecular complexity index is 816. The second-order valence-corrected chi connectivity index (χ2v) is 7.95. The fourth-order valence-electron chi connectivity index (χ4n) is 3.95. The van der Waals surface area contributed by atoms with Crippen molar-refractivity contribution in [2.45, 2.75) is 46.0 Å². The molecule has 2 heterocycles. The van der Waals surface area contributed by atoms with E-state index in [0.29, 0.717) is 11.8 Å². The third-order valence-corrected chi connectivity index (χ3v) is 5.49. The van der Waals surface area contributed by atoms with Gasteiger partial charge >= 0.3 is 0 Å². The number of hydrogen-bond acceptors (Lipinski definition) is 3. The van der Waals surface area contributed by atoms with Crippen LogP contribution in [0, 0.1) is 11.8 Å². The van der Waals surface area contributed by atoms with Crippen molar-refractivity contribution in [3.8, 4) is 0 Å². The minimum Gasteiger partial charge on any atom is -0.310 e. The highest BCUT2D eigenvalue weighted by Crippen LogP contribution is 2.17. The van der Waals surface area contributed by atoms with Gasteiger partial charge in [0, 0.05) is 38.0 Å². The maximum absolute atomic E-state index is 12.6. The number of nitrogens with one attached hydrogen (secondary N) is 1. The molecule has 3 rings (SSSR count). The van der Waals surface area contributed by atoms with Crippen molar-refractivity contribution >= 4 is 0 Å². The van der Waals surface area contributed by atoms with E-state index in [1.807, 2.05) is 0 Å². The van der Waals surface area contributed by atoms with Crippen molar-refractivity contribution < 1.29 is 0 Å². The van der Waals surface area contributed by atoms with Gasteiger partial charge in [0.05, 0.1) is 5.69 Å². The van der Waals surface area contributed by atoms with Crippen LogP contribution in [-0.4, -0.2) is 34.5 Å². The minimum atomic E-state index is 0.0647. The molecule has 4 heteroatoms. The van der Waals surface area contributed by atoms with E-state index in [9.17, 15) is 4.79 Å². The lowest BCUT2D eigenvalue weighted by Crippen LogP contribution is -2.30. The molecule has 150 valence electrons. The highest BCUT2D eigenvalue weighted by molar-refractivity contribution is 5.21. The minimum absolute atomic E-state index is 0.0647. The van der Waals surface area contributed by atoms with Crippen LogP contribution in [0.5, 0.6) is 0 Å². The summed E-state index contributed by atoms with van der Waals surface area (Å²) in [6.45, 7) is 7.32. The molecule has 0 fully saturated rings. The summed E-state index contributed by atoms with van der Waals surface area (Å²) in [5.41, 5.74) is 1.96. The van der Waals surface area contributed by atoms with Gasteiger partial charge in [0.2, 0.25) is 0 Å². The first-order valence-electron chi connectivity index (χ1n) is 10.7. The van der Waals surface area contributed by atoms with Gasteiger partial charge in [-0.3, -0.25) is 4.79 Å². The zero-order chi connectivity index (χ0) is 19.8. The molecule has 0 spiro atoms. The van der Waals surface area contributed by atoms with Crippen LogP contribution in [0.4, 0.5) is 0 Å². The van der Waals surface area contributed by atoms with Gasteiger partial charge in [0.25, 0.3) is 5.56 Å². The first-order chi connectivity index (χ1) is 13.7. The number of hydrogen-bond donors (Lipinski definition) is 1. The van der Waals surface area contributed by atoms with Crippen LogP contribution in [0.3, 0.4) is 0 Å². The largest absolute Gasteiger partial charge is 0.310 e. The highest BCUT2D eigenvalue weighted by atomic mass is 16.1. The summed E-state index contributed by atoms with van der Waals surface area (Å²) in [5.74, 6) is 1.76. The first-order valence-corrected chi connectivity index (χ1v) is 10.7. The number of allylic oxidation sites excluding steroid dienone is 7. The van der Waals surface area contributed by atoms with E-state index in [0.717, 1.165) is 68.8 Å². The van der Waals surface area contributed by atoms with Gasteiger partial charge in [0.1, 0.15) is 5.82 Å². The molecular formula is C24H33N3O. The number of H-pyrrole nitrogens is 1. The van der Waals surface area contributed by atoms with Crippen LogP contribution in [0.2, 0.25) is 0 Å². The van der Waals surface area contributed by atoms with Crippen LogP contribution in [-0.2, 0) is 19.3 Å². The number of fused-ring (bicyclic) bond motifs is 1. The molecule has 0 amide bonds. The van der Waals surface area contributed by atoms with Gasteiger partial charge in [-0.1, -0.05) is 62.5 Å². The average Bonchev–Trinajstić information content (AvgIpc) is 2.89. The van der Waals surface area contributed by atoms with Crippen molar-refractivity contribution in [1.29, 1.82) is 0 Å². The Kier molecular flexibility index (Phi) is 7.61. The number of rotatable bonds is 7. The third kappa shape index (κ3) is 5.90. The van der Waals surface area contributed by atoms with Crippen LogP contribution >= 0.6 is 0 Å². The van der Waals surface area contributed by atoms with E-state index in [-0.39, 0.29) is 5.56 Å². The Morgan fingerprint density at radius 1 is 1.29 bits per heavy atom. The predicted octanol–water partition coefficient (Wildman–Crippen LogP) is 4.00. The van der Waals surface area contributed by atoms with E-state index in [1.54, 1.807) is 0 Å². The van der Waals surface area contributed by atoms with Gasteiger partial charge < -0.3 is 9.88 Å². The first kappa shape index (κ1) is 20.5. The van der Waals surface area contributed by atoms with Crippen LogP contribution in [0.15, 0.2) is 53.4 Å². The molecular weight excluding hydrogens is 346 g/mol. The monoisotopic (exact) mass is 379 g/mol. The molecule has 2 atom stereocenters. The maximum Gasteiger partial charge on any atom is 0.254 e. The molecule has 1 aromatic heterocycles. The van der Waals surface area contributed by atoms with Gasteiger partial charge in [-0.2, -0.15) is 0 Å². The molecule has 1 N–H and O–H groups in total. The van der Waals surface area contributed by atoms with E-state index in [2.05, 4.69) is 72.3 Å². The van der Waals surface area contributed by atoms with Crippen molar-refractivity contribution in [3.05, 3.63) is 76.0 Å². The zero-order valence-corrected chi connectivity index (χ0v) is 17.2.